The molecule has 0 atom stereocenters. The van der Waals surface area contributed by atoms with E-state index < -0.39 is 0 Å². The maximum Gasteiger partial charge on any atom is 0.241 e. The van der Waals surface area contributed by atoms with E-state index in [1.807, 2.05) is 43.0 Å². The molecule has 4 rings (SSSR count). The van der Waals surface area contributed by atoms with Crippen molar-refractivity contribution in [2.45, 2.75) is 6.54 Å². The Morgan fingerprint density at radius 2 is 1.77 bits per heavy atom. The van der Waals surface area contributed by atoms with E-state index in [-0.39, 0.29) is 12.5 Å². The number of carbonyl (C=O) groups excluding carboxylic acids is 1. The van der Waals surface area contributed by atoms with Crippen molar-refractivity contribution in [3.05, 3.63) is 67.5 Å². The van der Waals surface area contributed by atoms with Gasteiger partial charge in [-0.05, 0) is 17.2 Å². The van der Waals surface area contributed by atoms with Gasteiger partial charge < -0.3 is 5.32 Å². The molecule has 0 saturated carbocycles. The number of aromatic nitrogens is 4. The topological polar surface area (TPSA) is 72.7 Å². The summed E-state index contributed by atoms with van der Waals surface area (Å²) in [4.78, 5) is 20.0. The molecular weight excluding hydrogens is 326 g/mol. The number of benzene rings is 1. The van der Waals surface area contributed by atoms with Crippen molar-refractivity contribution in [3.63, 3.8) is 0 Å². The Labute approximate surface area is 150 Å². The summed E-state index contributed by atoms with van der Waals surface area (Å²) in [6.45, 7) is 0.212. The number of hydrogen-bond acceptors (Lipinski definition) is 4. The first-order valence-electron chi connectivity index (χ1n) is 8.26. The lowest BCUT2D eigenvalue weighted by molar-refractivity contribution is -0.121. The highest BCUT2D eigenvalue weighted by molar-refractivity contribution is 5.95. The highest BCUT2D eigenvalue weighted by Crippen LogP contribution is 2.29. The molecule has 1 aromatic carbocycles. The maximum absolute atomic E-state index is 11.5. The molecule has 3 aromatic heterocycles. The molecule has 0 aliphatic heterocycles. The van der Waals surface area contributed by atoms with E-state index in [4.69, 9.17) is 0 Å². The number of fused-ring (bicyclic) bond motifs is 1. The lowest BCUT2D eigenvalue weighted by atomic mass is 10.00. The molecule has 0 aliphatic carbocycles. The number of nitrogens with zero attached hydrogens (tertiary/aromatic N) is 4. The first kappa shape index (κ1) is 16.0. The van der Waals surface area contributed by atoms with E-state index in [1.165, 1.54) is 0 Å². The normalized spacial score (nSPS) is 10.8. The Morgan fingerprint density at radius 1 is 0.962 bits per heavy atom. The molecule has 0 spiro atoms. The first-order chi connectivity index (χ1) is 12.7. The van der Waals surface area contributed by atoms with Gasteiger partial charge in [-0.2, -0.15) is 5.10 Å². The van der Waals surface area contributed by atoms with Crippen molar-refractivity contribution >= 4 is 16.7 Å². The molecule has 1 amide bonds. The van der Waals surface area contributed by atoms with E-state index in [9.17, 15) is 4.79 Å². The number of carbonyl (C=O) groups is 1. The van der Waals surface area contributed by atoms with Crippen LogP contribution in [0.3, 0.4) is 0 Å². The third-order valence-corrected chi connectivity index (χ3v) is 4.31. The van der Waals surface area contributed by atoms with Crippen LogP contribution < -0.4 is 5.32 Å². The van der Waals surface area contributed by atoms with E-state index >= 15 is 0 Å². The zero-order valence-electron chi connectivity index (χ0n) is 14.3. The second kappa shape index (κ2) is 6.76. The van der Waals surface area contributed by atoms with Crippen LogP contribution in [0.1, 0.15) is 0 Å². The average molecular weight is 343 g/mol. The fraction of sp³-hybridized carbons (Fsp3) is 0.100. The summed E-state index contributed by atoms with van der Waals surface area (Å²) in [6.07, 6.45) is 11.0. The lowest BCUT2D eigenvalue weighted by Gasteiger charge is -2.06. The van der Waals surface area contributed by atoms with Crippen LogP contribution in [0.4, 0.5) is 0 Å². The van der Waals surface area contributed by atoms with Gasteiger partial charge in [-0.3, -0.25) is 19.4 Å². The van der Waals surface area contributed by atoms with Crippen molar-refractivity contribution in [1.29, 1.82) is 0 Å². The molecule has 0 bridgehead atoms. The Balaban J connectivity index is 1.64. The van der Waals surface area contributed by atoms with Gasteiger partial charge in [0.2, 0.25) is 5.91 Å². The SMILES string of the molecule is CNC(=O)Cn1cc(-c2ccc(-c3cncc4ccncc34)cc2)cn1. The van der Waals surface area contributed by atoms with E-state index in [0.717, 1.165) is 33.0 Å². The molecule has 0 unspecified atom stereocenters. The van der Waals surface area contributed by atoms with Crippen LogP contribution in [-0.4, -0.2) is 32.7 Å². The fourth-order valence-electron chi connectivity index (χ4n) is 2.90. The maximum atomic E-state index is 11.5. The Kier molecular flexibility index (Phi) is 4.15. The van der Waals surface area contributed by atoms with E-state index in [2.05, 4.69) is 32.5 Å². The number of pyridine rings is 2. The number of nitrogens with one attached hydrogen (secondary N) is 1. The van der Waals surface area contributed by atoms with Gasteiger partial charge in [0.15, 0.2) is 0 Å². The minimum atomic E-state index is -0.0768. The van der Waals surface area contributed by atoms with Crippen molar-refractivity contribution in [1.82, 2.24) is 25.1 Å². The third kappa shape index (κ3) is 3.04. The van der Waals surface area contributed by atoms with Crippen LogP contribution in [0.15, 0.2) is 67.5 Å². The van der Waals surface area contributed by atoms with Crippen molar-refractivity contribution in [3.8, 4) is 22.3 Å². The van der Waals surface area contributed by atoms with E-state index in [0.29, 0.717) is 0 Å². The van der Waals surface area contributed by atoms with Gasteiger partial charge in [0.1, 0.15) is 6.54 Å². The number of rotatable bonds is 4. The van der Waals surface area contributed by atoms with E-state index in [1.54, 1.807) is 24.1 Å². The predicted octanol–water partition coefficient (Wildman–Crippen LogP) is 2.91. The molecule has 26 heavy (non-hydrogen) atoms. The molecule has 0 saturated heterocycles. The molecule has 128 valence electrons. The second-order valence-corrected chi connectivity index (χ2v) is 5.96. The largest absolute Gasteiger partial charge is 0.358 e. The van der Waals surface area contributed by atoms with Crippen LogP contribution in [0.2, 0.25) is 0 Å². The smallest absolute Gasteiger partial charge is 0.241 e. The summed E-state index contributed by atoms with van der Waals surface area (Å²) in [5.41, 5.74) is 4.15. The van der Waals surface area contributed by atoms with Gasteiger partial charge >= 0.3 is 0 Å². The Bertz CT molecular complexity index is 1060. The molecule has 4 aromatic rings. The first-order valence-corrected chi connectivity index (χ1v) is 8.26. The average Bonchev–Trinajstić information content (AvgIpc) is 3.16. The lowest BCUT2D eigenvalue weighted by Crippen LogP contribution is -2.23. The van der Waals surface area contributed by atoms with Crippen molar-refractivity contribution < 1.29 is 4.79 Å². The van der Waals surface area contributed by atoms with Gasteiger partial charge in [-0.1, -0.05) is 24.3 Å². The zero-order chi connectivity index (χ0) is 17.9. The van der Waals surface area contributed by atoms with Crippen LogP contribution in [0, 0.1) is 0 Å². The zero-order valence-corrected chi connectivity index (χ0v) is 14.3. The quantitative estimate of drug-likeness (QED) is 0.618. The molecule has 0 radical (unpaired) electrons. The van der Waals surface area contributed by atoms with Crippen LogP contribution in [0.25, 0.3) is 33.0 Å². The van der Waals surface area contributed by atoms with Crippen LogP contribution in [0.5, 0.6) is 0 Å². The Morgan fingerprint density at radius 3 is 2.58 bits per heavy atom. The summed E-state index contributed by atoms with van der Waals surface area (Å²) in [6, 6.07) is 10.2. The van der Waals surface area contributed by atoms with Gasteiger partial charge in [-0.25, -0.2) is 0 Å². The minimum absolute atomic E-state index is 0.0768. The summed E-state index contributed by atoms with van der Waals surface area (Å²) in [7, 11) is 1.61. The second-order valence-electron chi connectivity index (χ2n) is 5.96. The van der Waals surface area contributed by atoms with Gasteiger partial charge in [0, 0.05) is 59.9 Å². The number of likely N-dealkylation sites (N-methyl/N-ethyl adjacent to an activating group) is 1. The summed E-state index contributed by atoms with van der Waals surface area (Å²) in [5, 5.41) is 8.98. The summed E-state index contributed by atoms with van der Waals surface area (Å²) in [5.74, 6) is -0.0768. The van der Waals surface area contributed by atoms with Crippen LogP contribution in [-0.2, 0) is 11.3 Å². The summed E-state index contributed by atoms with van der Waals surface area (Å²) < 4.78 is 1.63. The molecule has 0 fully saturated rings. The predicted molar refractivity (Wildman–Crippen MR) is 100 cm³/mol. The standard InChI is InChI=1S/C20H17N5O/c1-21-20(26)13-25-12-17(9-24-25)14-2-4-15(5-3-14)18-11-23-8-16-6-7-22-10-19(16)18/h2-12H,13H2,1H3,(H,21,26). The van der Waals surface area contributed by atoms with Gasteiger partial charge in [0.25, 0.3) is 0 Å². The van der Waals surface area contributed by atoms with Gasteiger partial charge in [0.05, 0.1) is 6.20 Å². The third-order valence-electron chi connectivity index (χ3n) is 4.31. The van der Waals surface area contributed by atoms with Gasteiger partial charge in [-0.15, -0.1) is 0 Å². The molecular formula is C20H17N5O. The molecule has 0 aliphatic rings. The van der Waals surface area contributed by atoms with Crippen LogP contribution >= 0.6 is 0 Å². The number of hydrogen-bond donors (Lipinski definition) is 1. The number of amides is 1. The highest BCUT2D eigenvalue weighted by atomic mass is 16.1. The minimum Gasteiger partial charge on any atom is -0.358 e. The molecule has 1 N–H and O–H groups in total. The monoisotopic (exact) mass is 343 g/mol. The van der Waals surface area contributed by atoms with Crippen molar-refractivity contribution in [2.24, 2.45) is 0 Å². The Hall–Kier alpha value is -3.54. The summed E-state index contributed by atoms with van der Waals surface area (Å²) >= 11 is 0. The molecule has 6 heteroatoms. The highest BCUT2D eigenvalue weighted by Gasteiger charge is 2.07. The molecule has 6 nitrogen and oxygen atoms in total. The molecule has 3 heterocycles. The fourth-order valence-corrected chi connectivity index (χ4v) is 2.90. The van der Waals surface area contributed by atoms with Crippen molar-refractivity contribution in [2.75, 3.05) is 7.05 Å².